The number of aryl methyl sites for hydroxylation is 1. The lowest BCUT2D eigenvalue weighted by atomic mass is 10.2. The lowest BCUT2D eigenvalue weighted by molar-refractivity contribution is -0.119. The molecule has 0 bridgehead atoms. The Kier molecular flexibility index (Phi) is 8.66. The van der Waals surface area contributed by atoms with E-state index in [1.807, 2.05) is 6.92 Å². The fraction of sp³-hybridized carbons (Fsp3) is 0.333. The van der Waals surface area contributed by atoms with Crippen molar-refractivity contribution >= 4 is 33.2 Å². The van der Waals surface area contributed by atoms with E-state index in [0.717, 1.165) is 0 Å². The number of anilines is 2. The molecule has 0 aliphatic carbocycles. The number of rotatable bonds is 10. The van der Waals surface area contributed by atoms with Gasteiger partial charge in [0.1, 0.15) is 5.82 Å². The lowest BCUT2D eigenvalue weighted by Gasteiger charge is -2.17. The predicted octanol–water partition coefficient (Wildman–Crippen LogP) is 2.33. The van der Waals surface area contributed by atoms with Crippen LogP contribution < -0.4 is 15.4 Å². The summed E-state index contributed by atoms with van der Waals surface area (Å²) in [4.78, 5) is 26.0. The Morgan fingerprint density at radius 2 is 1.61 bits per heavy atom. The maximum Gasteiger partial charge on any atom is 0.240 e. The molecule has 0 aliphatic rings. The molecule has 0 spiro atoms. The second-order valence-corrected chi connectivity index (χ2v) is 8.89. The number of amides is 2. The maximum absolute atomic E-state index is 13.2. The second-order valence-electron chi connectivity index (χ2n) is 7.16. The average Bonchev–Trinajstić information content (AvgIpc) is 2.67. The van der Waals surface area contributed by atoms with Crippen molar-refractivity contribution in [3.8, 4) is 0 Å². The fourth-order valence-corrected chi connectivity index (χ4v) is 4.20. The zero-order valence-electron chi connectivity index (χ0n) is 17.7. The van der Waals surface area contributed by atoms with Crippen molar-refractivity contribution in [1.29, 1.82) is 0 Å². The zero-order chi connectivity index (χ0) is 23.0. The van der Waals surface area contributed by atoms with Gasteiger partial charge in [-0.25, -0.2) is 17.5 Å². The molecule has 2 aromatic carbocycles. The van der Waals surface area contributed by atoms with Crippen LogP contribution in [0.3, 0.4) is 0 Å². The number of nitrogens with zero attached hydrogens (tertiary/aromatic N) is 1. The van der Waals surface area contributed by atoms with E-state index < -0.39 is 27.7 Å². The first-order chi connectivity index (χ1) is 14.6. The van der Waals surface area contributed by atoms with Gasteiger partial charge in [-0.15, -0.1) is 0 Å². The molecule has 0 aromatic heterocycles. The van der Waals surface area contributed by atoms with Crippen LogP contribution in [0.25, 0.3) is 0 Å². The smallest absolute Gasteiger partial charge is 0.240 e. The summed E-state index contributed by atoms with van der Waals surface area (Å²) >= 11 is 0. The third kappa shape index (κ3) is 7.74. The van der Waals surface area contributed by atoms with Gasteiger partial charge in [0.05, 0.1) is 18.0 Å². The summed E-state index contributed by atoms with van der Waals surface area (Å²) in [7, 11) is -2.09. The largest absolute Gasteiger partial charge is 0.325 e. The first kappa shape index (κ1) is 24.4. The highest BCUT2D eigenvalue weighted by Gasteiger charge is 2.18. The fourth-order valence-electron chi connectivity index (χ4n) is 2.80. The van der Waals surface area contributed by atoms with Crippen molar-refractivity contribution in [1.82, 2.24) is 9.62 Å². The minimum Gasteiger partial charge on any atom is -0.325 e. The minimum atomic E-state index is -3.67. The van der Waals surface area contributed by atoms with E-state index in [0.29, 0.717) is 29.9 Å². The molecular weight excluding hydrogens is 423 g/mol. The van der Waals surface area contributed by atoms with Gasteiger partial charge in [0.2, 0.25) is 21.8 Å². The van der Waals surface area contributed by atoms with Crippen molar-refractivity contribution in [3.63, 3.8) is 0 Å². The number of hydrogen-bond acceptors (Lipinski definition) is 5. The van der Waals surface area contributed by atoms with Crippen molar-refractivity contribution in [2.75, 3.05) is 37.3 Å². The van der Waals surface area contributed by atoms with E-state index in [1.165, 1.54) is 29.2 Å². The summed E-state index contributed by atoms with van der Waals surface area (Å²) in [6, 6.07) is 10.1. The van der Waals surface area contributed by atoms with Crippen LogP contribution in [-0.2, 0) is 19.6 Å². The van der Waals surface area contributed by atoms with Gasteiger partial charge in [-0.1, -0.05) is 19.1 Å². The summed E-state index contributed by atoms with van der Waals surface area (Å²) in [6.45, 7) is 3.68. The van der Waals surface area contributed by atoms with Gasteiger partial charge in [-0.3, -0.25) is 14.5 Å². The molecule has 10 heteroatoms. The third-order valence-electron chi connectivity index (χ3n) is 4.24. The number of sulfonamides is 1. The summed E-state index contributed by atoms with van der Waals surface area (Å²) in [5.74, 6) is -1.27. The summed E-state index contributed by atoms with van der Waals surface area (Å²) < 4.78 is 40.5. The number of carbonyl (C=O) groups excluding carboxylic acids is 2. The third-order valence-corrected chi connectivity index (χ3v) is 5.84. The van der Waals surface area contributed by atoms with Crippen LogP contribution in [0.5, 0.6) is 0 Å². The molecule has 0 atom stereocenters. The Balaban J connectivity index is 1.94. The average molecular weight is 451 g/mol. The molecule has 3 N–H and O–H groups in total. The molecule has 0 radical (unpaired) electrons. The highest BCUT2D eigenvalue weighted by atomic mass is 32.2. The van der Waals surface area contributed by atoms with Crippen molar-refractivity contribution in [2.45, 2.75) is 25.2 Å². The summed E-state index contributed by atoms with van der Waals surface area (Å²) in [6.07, 6.45) is 0.661. The van der Waals surface area contributed by atoms with Crippen LogP contribution in [0.15, 0.2) is 47.4 Å². The van der Waals surface area contributed by atoms with E-state index >= 15 is 0 Å². The van der Waals surface area contributed by atoms with E-state index in [-0.39, 0.29) is 18.0 Å². The summed E-state index contributed by atoms with van der Waals surface area (Å²) in [5, 5.41) is 5.20. The normalized spacial score (nSPS) is 11.4. The van der Waals surface area contributed by atoms with Crippen LogP contribution in [0, 0.1) is 12.7 Å². The first-order valence-electron chi connectivity index (χ1n) is 9.75. The van der Waals surface area contributed by atoms with Crippen LogP contribution in [-0.4, -0.2) is 51.8 Å². The van der Waals surface area contributed by atoms with E-state index in [2.05, 4.69) is 15.4 Å². The molecule has 0 fully saturated rings. The van der Waals surface area contributed by atoms with Crippen LogP contribution in [0.1, 0.15) is 18.9 Å². The molecule has 168 valence electrons. The van der Waals surface area contributed by atoms with Crippen molar-refractivity contribution in [3.05, 3.63) is 53.8 Å². The highest BCUT2D eigenvalue weighted by molar-refractivity contribution is 7.89. The Morgan fingerprint density at radius 1 is 1.00 bits per heavy atom. The molecular formula is C21H27FN4O4S. The predicted molar refractivity (Wildman–Crippen MR) is 118 cm³/mol. The van der Waals surface area contributed by atoms with Gasteiger partial charge in [0.15, 0.2) is 0 Å². The molecule has 0 unspecified atom stereocenters. The van der Waals surface area contributed by atoms with Crippen LogP contribution >= 0.6 is 0 Å². The number of carbonyl (C=O) groups is 2. The number of likely N-dealkylation sites (N-methyl/N-ethyl adjacent to an activating group) is 1. The first-order valence-corrected chi connectivity index (χ1v) is 11.2. The van der Waals surface area contributed by atoms with Gasteiger partial charge >= 0.3 is 0 Å². The minimum absolute atomic E-state index is 0.0849. The molecule has 0 saturated carbocycles. The maximum atomic E-state index is 13.2. The quantitative estimate of drug-likeness (QED) is 0.515. The lowest BCUT2D eigenvalue weighted by Crippen LogP contribution is -2.36. The van der Waals surface area contributed by atoms with E-state index in [4.69, 9.17) is 0 Å². The Morgan fingerprint density at radius 3 is 2.19 bits per heavy atom. The molecule has 0 saturated heterocycles. The molecule has 8 nitrogen and oxygen atoms in total. The highest BCUT2D eigenvalue weighted by Crippen LogP contribution is 2.20. The van der Waals surface area contributed by atoms with Crippen LogP contribution in [0.2, 0.25) is 0 Å². The van der Waals surface area contributed by atoms with Crippen molar-refractivity contribution in [2.24, 2.45) is 0 Å². The van der Waals surface area contributed by atoms with Gasteiger partial charge < -0.3 is 10.6 Å². The molecule has 2 rings (SSSR count). The van der Waals surface area contributed by atoms with E-state index in [9.17, 15) is 22.4 Å². The molecule has 2 aromatic rings. The number of benzene rings is 2. The Bertz CT molecular complexity index is 1040. The summed E-state index contributed by atoms with van der Waals surface area (Å²) in [5.41, 5.74) is 1.23. The standard InChI is InChI=1S/C21H27FN4O4S/c1-4-10-23-31(29,30)19-12-18(9-8-15(19)2)25-21(28)14-26(3)13-20(27)24-17-7-5-6-16(22)11-17/h5-9,11-12,23H,4,10,13-14H2,1-3H3,(H,24,27)(H,25,28). The van der Waals surface area contributed by atoms with Gasteiger partial charge in [0, 0.05) is 17.9 Å². The Labute approximate surface area is 181 Å². The van der Waals surface area contributed by atoms with Crippen molar-refractivity contribution < 1.29 is 22.4 Å². The topological polar surface area (TPSA) is 108 Å². The number of hydrogen-bond donors (Lipinski definition) is 3. The molecule has 0 heterocycles. The monoisotopic (exact) mass is 450 g/mol. The molecule has 0 aliphatic heterocycles. The van der Waals surface area contributed by atoms with E-state index in [1.54, 1.807) is 32.2 Å². The number of nitrogens with one attached hydrogen (secondary N) is 3. The molecule has 31 heavy (non-hydrogen) atoms. The van der Waals surface area contributed by atoms with Gasteiger partial charge in [-0.05, 0) is 56.3 Å². The zero-order valence-corrected chi connectivity index (χ0v) is 18.6. The van der Waals surface area contributed by atoms with Gasteiger partial charge in [-0.2, -0.15) is 0 Å². The number of halogens is 1. The Hall–Kier alpha value is -2.82. The second kappa shape index (κ2) is 11.0. The van der Waals surface area contributed by atoms with Crippen LogP contribution in [0.4, 0.5) is 15.8 Å². The SMILES string of the molecule is CCCNS(=O)(=O)c1cc(NC(=O)CN(C)CC(=O)Nc2cccc(F)c2)ccc1C. The molecule has 2 amide bonds. The van der Waals surface area contributed by atoms with Gasteiger partial charge in [0.25, 0.3) is 0 Å².